The molecule has 0 bridgehead atoms. The van der Waals surface area contributed by atoms with Crippen molar-refractivity contribution in [2.24, 2.45) is 0 Å². The highest BCUT2D eigenvalue weighted by Crippen LogP contribution is 2.26. The summed E-state index contributed by atoms with van der Waals surface area (Å²) in [5.74, 6) is 0. The van der Waals surface area contributed by atoms with Gasteiger partial charge in [0.05, 0.1) is 0 Å². The highest BCUT2D eigenvalue weighted by Gasteiger charge is 2.06. The fraction of sp³-hybridized carbons (Fsp3) is 0.600. The summed E-state index contributed by atoms with van der Waals surface area (Å²) in [4.78, 5) is 0. The van der Waals surface area contributed by atoms with Crippen molar-refractivity contribution in [1.29, 1.82) is 0 Å². The van der Waals surface area contributed by atoms with Gasteiger partial charge >= 0.3 is 0 Å². The molecule has 0 unspecified atom stereocenters. The van der Waals surface area contributed by atoms with Crippen molar-refractivity contribution in [3.05, 3.63) is 22.3 Å². The summed E-state index contributed by atoms with van der Waals surface area (Å²) in [6.45, 7) is 4.15. The van der Waals surface area contributed by atoms with Crippen LogP contribution in [0.25, 0.3) is 0 Å². The van der Waals surface area contributed by atoms with Crippen LogP contribution in [0, 0.1) is 0 Å². The molecule has 0 saturated heterocycles. The van der Waals surface area contributed by atoms with Crippen LogP contribution in [0.1, 0.15) is 39.5 Å². The maximum Gasteiger partial charge on any atom is 0.0152 e. The monoisotopic (exact) mass is 170 g/mol. The molecule has 0 aromatic heterocycles. The molecule has 0 atom stereocenters. The summed E-state index contributed by atoms with van der Waals surface area (Å²) in [6, 6.07) is 0. The molecule has 11 heavy (non-hydrogen) atoms. The summed E-state index contributed by atoms with van der Waals surface area (Å²) >= 11 is 5.80. The largest absolute Gasteiger partial charge is 0.0895 e. The van der Waals surface area contributed by atoms with Crippen LogP contribution >= 0.6 is 11.6 Å². The summed E-state index contributed by atoms with van der Waals surface area (Å²) in [5.41, 5.74) is 2.99. The van der Waals surface area contributed by atoms with Gasteiger partial charge in [-0.2, -0.15) is 0 Å². The zero-order valence-corrected chi connectivity index (χ0v) is 8.04. The van der Waals surface area contributed by atoms with Crippen molar-refractivity contribution in [1.82, 2.24) is 0 Å². The van der Waals surface area contributed by atoms with E-state index in [4.69, 9.17) is 11.6 Å². The Bertz CT molecular complexity index is 195. The summed E-state index contributed by atoms with van der Waals surface area (Å²) in [7, 11) is 0. The van der Waals surface area contributed by atoms with Crippen LogP contribution < -0.4 is 0 Å². The topological polar surface area (TPSA) is 0 Å². The Balaban J connectivity index is 2.75. The van der Waals surface area contributed by atoms with Crippen LogP contribution in [0.2, 0.25) is 0 Å². The average Bonchev–Trinajstić information content (AvgIpc) is 1.93. The second-order valence-electron chi connectivity index (χ2n) is 3.24. The van der Waals surface area contributed by atoms with E-state index in [-0.39, 0.29) is 0 Å². The van der Waals surface area contributed by atoms with E-state index in [9.17, 15) is 0 Å². The van der Waals surface area contributed by atoms with Gasteiger partial charge in [-0.3, -0.25) is 0 Å². The van der Waals surface area contributed by atoms with Crippen molar-refractivity contribution in [3.63, 3.8) is 0 Å². The standard InChI is InChI=1S/C10H15Cl/c1-8-5-3-4-6-10(8)7-9(2)11/h7H,3-6H2,1-2H3/b9-7+. The Hall–Kier alpha value is -0.230. The molecule has 62 valence electrons. The Morgan fingerprint density at radius 3 is 2.55 bits per heavy atom. The van der Waals surface area contributed by atoms with E-state index >= 15 is 0 Å². The highest BCUT2D eigenvalue weighted by atomic mass is 35.5. The molecule has 0 saturated carbocycles. The maximum absolute atomic E-state index is 5.80. The molecule has 0 fully saturated rings. The molecular weight excluding hydrogens is 156 g/mol. The van der Waals surface area contributed by atoms with E-state index in [1.54, 1.807) is 0 Å². The van der Waals surface area contributed by atoms with Crippen LogP contribution in [0.5, 0.6) is 0 Å². The Labute approximate surface area is 73.9 Å². The molecule has 1 aliphatic carbocycles. The minimum absolute atomic E-state index is 0.904. The smallest absolute Gasteiger partial charge is 0.0152 e. The number of rotatable bonds is 1. The van der Waals surface area contributed by atoms with Crippen molar-refractivity contribution >= 4 is 11.6 Å². The first-order valence-corrected chi connectivity index (χ1v) is 4.60. The summed E-state index contributed by atoms with van der Waals surface area (Å²) in [5, 5.41) is 0.904. The number of allylic oxidation sites excluding steroid dienone is 4. The molecule has 1 aliphatic rings. The third kappa shape index (κ3) is 2.70. The third-order valence-electron chi connectivity index (χ3n) is 2.17. The second-order valence-corrected chi connectivity index (χ2v) is 3.84. The predicted octanol–water partition coefficient (Wildman–Crippen LogP) is 4.02. The second kappa shape index (κ2) is 3.96. The van der Waals surface area contributed by atoms with Gasteiger partial charge in [-0.1, -0.05) is 17.2 Å². The number of hydrogen-bond donors (Lipinski definition) is 0. The van der Waals surface area contributed by atoms with E-state index in [1.807, 2.05) is 6.92 Å². The first-order valence-electron chi connectivity index (χ1n) is 4.22. The van der Waals surface area contributed by atoms with Gasteiger partial charge in [0.25, 0.3) is 0 Å². The molecule has 0 aliphatic heterocycles. The number of halogens is 1. The van der Waals surface area contributed by atoms with Crippen molar-refractivity contribution in [2.45, 2.75) is 39.5 Å². The van der Waals surface area contributed by atoms with E-state index in [0.29, 0.717) is 0 Å². The Morgan fingerprint density at radius 1 is 1.36 bits per heavy atom. The van der Waals surface area contributed by atoms with E-state index in [2.05, 4.69) is 13.0 Å². The first-order chi connectivity index (χ1) is 5.20. The fourth-order valence-corrected chi connectivity index (χ4v) is 1.65. The van der Waals surface area contributed by atoms with Crippen molar-refractivity contribution in [2.75, 3.05) is 0 Å². The van der Waals surface area contributed by atoms with E-state index in [1.165, 1.54) is 36.8 Å². The molecule has 0 aromatic rings. The van der Waals surface area contributed by atoms with Gasteiger partial charge in [0, 0.05) is 5.03 Å². The van der Waals surface area contributed by atoms with E-state index in [0.717, 1.165) is 5.03 Å². The normalized spacial score (nSPS) is 20.8. The molecule has 0 spiro atoms. The zero-order chi connectivity index (χ0) is 8.27. The lowest BCUT2D eigenvalue weighted by Crippen LogP contribution is -1.94. The summed E-state index contributed by atoms with van der Waals surface area (Å²) < 4.78 is 0. The first kappa shape index (κ1) is 8.86. The van der Waals surface area contributed by atoms with Crippen LogP contribution in [0.3, 0.4) is 0 Å². The SMILES string of the molecule is CC1=C(/C=C(\C)Cl)CCCC1. The van der Waals surface area contributed by atoms with Crippen molar-refractivity contribution in [3.8, 4) is 0 Å². The van der Waals surface area contributed by atoms with Crippen LogP contribution in [-0.2, 0) is 0 Å². The van der Waals surface area contributed by atoms with Crippen molar-refractivity contribution < 1.29 is 0 Å². The van der Waals surface area contributed by atoms with Gasteiger partial charge in [0.15, 0.2) is 0 Å². The van der Waals surface area contributed by atoms with Crippen LogP contribution in [0.4, 0.5) is 0 Å². The molecule has 0 radical (unpaired) electrons. The predicted molar refractivity (Wildman–Crippen MR) is 50.8 cm³/mol. The lowest BCUT2D eigenvalue weighted by Gasteiger charge is -2.14. The fourth-order valence-electron chi connectivity index (χ4n) is 1.52. The third-order valence-corrected chi connectivity index (χ3v) is 2.28. The average molecular weight is 171 g/mol. The molecule has 1 heteroatoms. The summed E-state index contributed by atoms with van der Waals surface area (Å²) in [6.07, 6.45) is 7.26. The lowest BCUT2D eigenvalue weighted by molar-refractivity contribution is 0.682. The maximum atomic E-state index is 5.80. The lowest BCUT2D eigenvalue weighted by atomic mass is 9.93. The molecule has 0 aromatic carbocycles. The van der Waals surface area contributed by atoms with Gasteiger partial charge < -0.3 is 0 Å². The molecule has 0 heterocycles. The molecular formula is C10H15Cl. The van der Waals surface area contributed by atoms with Gasteiger partial charge in [0.1, 0.15) is 0 Å². The minimum Gasteiger partial charge on any atom is -0.0895 e. The van der Waals surface area contributed by atoms with Crippen LogP contribution in [-0.4, -0.2) is 0 Å². The zero-order valence-electron chi connectivity index (χ0n) is 7.28. The quantitative estimate of drug-likeness (QED) is 0.558. The van der Waals surface area contributed by atoms with E-state index < -0.39 is 0 Å². The molecule has 0 nitrogen and oxygen atoms in total. The van der Waals surface area contributed by atoms with Gasteiger partial charge in [-0.15, -0.1) is 0 Å². The highest BCUT2D eigenvalue weighted by molar-refractivity contribution is 6.29. The van der Waals surface area contributed by atoms with Gasteiger partial charge in [-0.25, -0.2) is 0 Å². The minimum atomic E-state index is 0.904. The molecule has 1 rings (SSSR count). The Morgan fingerprint density at radius 2 is 2.00 bits per heavy atom. The van der Waals surface area contributed by atoms with Gasteiger partial charge in [0.2, 0.25) is 0 Å². The Kier molecular flexibility index (Phi) is 3.19. The van der Waals surface area contributed by atoms with Crippen LogP contribution in [0.15, 0.2) is 22.3 Å². The number of hydrogen-bond acceptors (Lipinski definition) is 0. The molecule has 0 amide bonds. The molecule has 0 N–H and O–H groups in total. The van der Waals surface area contributed by atoms with Gasteiger partial charge in [-0.05, 0) is 51.2 Å².